The monoisotopic (exact) mass is 372 g/mol. The highest BCUT2D eigenvalue weighted by molar-refractivity contribution is 5.96. The third kappa shape index (κ3) is 3.05. The van der Waals surface area contributed by atoms with Crippen LogP contribution < -0.4 is 0 Å². The van der Waals surface area contributed by atoms with E-state index < -0.39 is 0 Å². The highest BCUT2D eigenvalue weighted by Crippen LogP contribution is 2.63. The summed E-state index contributed by atoms with van der Waals surface area (Å²) in [7, 11) is 0. The minimum absolute atomic E-state index is 0.0750. The van der Waals surface area contributed by atoms with Crippen molar-refractivity contribution in [2.45, 2.75) is 91.1 Å². The molecule has 0 N–H and O–H groups in total. The topological polar surface area (TPSA) is 43.4 Å². The second-order valence-corrected chi connectivity index (χ2v) is 10.1. The van der Waals surface area contributed by atoms with Crippen LogP contribution in [-0.4, -0.2) is 24.3 Å². The maximum absolute atomic E-state index is 13.2. The van der Waals surface area contributed by atoms with E-state index in [-0.39, 0.29) is 28.8 Å². The highest BCUT2D eigenvalue weighted by Gasteiger charge is 2.60. The third-order valence-electron chi connectivity index (χ3n) is 8.71. The molecule has 0 bridgehead atoms. The highest BCUT2D eigenvalue weighted by atomic mass is 16.5. The lowest BCUT2D eigenvalue weighted by atomic mass is 9.48. The fourth-order valence-electron chi connectivity index (χ4n) is 6.89. The molecular formula is C24H36O3. The van der Waals surface area contributed by atoms with Gasteiger partial charge in [-0.05, 0) is 68.3 Å². The van der Waals surface area contributed by atoms with Gasteiger partial charge in [0.2, 0.25) is 0 Å². The Morgan fingerprint density at radius 1 is 1.04 bits per heavy atom. The van der Waals surface area contributed by atoms with Crippen molar-refractivity contribution in [3.63, 3.8) is 0 Å². The van der Waals surface area contributed by atoms with Gasteiger partial charge in [-0.3, -0.25) is 9.59 Å². The smallest absolute Gasteiger partial charge is 0.159 e. The summed E-state index contributed by atoms with van der Waals surface area (Å²) in [4.78, 5) is 25.7. The van der Waals surface area contributed by atoms with Crippen molar-refractivity contribution < 1.29 is 14.3 Å². The van der Waals surface area contributed by atoms with Crippen molar-refractivity contribution in [1.82, 2.24) is 0 Å². The van der Waals surface area contributed by atoms with Crippen LogP contribution in [-0.2, 0) is 14.3 Å². The molecule has 0 aromatic carbocycles. The van der Waals surface area contributed by atoms with Gasteiger partial charge in [-0.15, -0.1) is 0 Å². The van der Waals surface area contributed by atoms with E-state index in [0.29, 0.717) is 23.9 Å². The normalized spacial score (nSPS) is 43.7. The van der Waals surface area contributed by atoms with Crippen LogP contribution in [0.5, 0.6) is 0 Å². The Kier molecular flexibility index (Phi) is 5.12. The zero-order valence-electron chi connectivity index (χ0n) is 17.4. The molecular weight excluding hydrogens is 336 g/mol. The maximum Gasteiger partial charge on any atom is 0.159 e. The molecule has 0 aliphatic heterocycles. The molecule has 0 amide bonds. The summed E-state index contributed by atoms with van der Waals surface area (Å²) in [5.74, 6) is 1.49. The van der Waals surface area contributed by atoms with Crippen LogP contribution >= 0.6 is 0 Å². The van der Waals surface area contributed by atoms with Gasteiger partial charge in [-0.25, -0.2) is 0 Å². The van der Waals surface area contributed by atoms with Crippen LogP contribution in [0, 0.1) is 28.6 Å². The Bertz CT molecular complexity index is 650. The fourth-order valence-corrected chi connectivity index (χ4v) is 6.89. The number of hydrogen-bond donors (Lipinski definition) is 0. The van der Waals surface area contributed by atoms with E-state index in [0.717, 1.165) is 51.6 Å². The summed E-state index contributed by atoms with van der Waals surface area (Å²) in [5.41, 5.74) is 1.24. The summed E-state index contributed by atoms with van der Waals surface area (Å²) in [6, 6.07) is 0. The lowest BCUT2D eigenvalue weighted by molar-refractivity contribution is -0.140. The van der Waals surface area contributed by atoms with Gasteiger partial charge in [0.15, 0.2) is 5.78 Å². The van der Waals surface area contributed by atoms with Crippen LogP contribution in [0.4, 0.5) is 0 Å². The molecule has 4 rings (SSSR count). The number of Topliss-reactive ketones (excluding diaryl/α,β-unsaturated/α-hetero) is 1. The Labute approximate surface area is 164 Å². The van der Waals surface area contributed by atoms with Crippen molar-refractivity contribution in [2.24, 2.45) is 28.6 Å². The van der Waals surface area contributed by atoms with E-state index in [1.807, 2.05) is 6.08 Å². The average Bonchev–Trinajstić information content (AvgIpc) is 2.95. The molecule has 0 unspecified atom stereocenters. The van der Waals surface area contributed by atoms with Crippen LogP contribution in [0.25, 0.3) is 0 Å². The van der Waals surface area contributed by atoms with E-state index >= 15 is 0 Å². The maximum atomic E-state index is 13.2. The Hall–Kier alpha value is -0.960. The molecule has 3 nitrogen and oxygen atoms in total. The molecule has 4 aliphatic carbocycles. The van der Waals surface area contributed by atoms with Gasteiger partial charge in [0.05, 0.1) is 6.10 Å². The van der Waals surface area contributed by atoms with Gasteiger partial charge in [0, 0.05) is 24.4 Å². The Morgan fingerprint density at radius 3 is 2.56 bits per heavy atom. The van der Waals surface area contributed by atoms with Crippen molar-refractivity contribution >= 4 is 11.6 Å². The van der Waals surface area contributed by atoms with E-state index in [1.54, 1.807) is 0 Å². The third-order valence-corrected chi connectivity index (χ3v) is 8.71. The summed E-state index contributed by atoms with van der Waals surface area (Å²) >= 11 is 0. The van der Waals surface area contributed by atoms with Gasteiger partial charge in [0.25, 0.3) is 0 Å². The quantitative estimate of drug-likeness (QED) is 0.617. The first-order valence-electron chi connectivity index (χ1n) is 11.3. The molecule has 4 aliphatic rings. The molecule has 0 spiro atoms. The van der Waals surface area contributed by atoms with Crippen molar-refractivity contribution in [3.05, 3.63) is 11.6 Å². The van der Waals surface area contributed by atoms with Gasteiger partial charge in [-0.2, -0.15) is 0 Å². The Balaban J connectivity index is 1.53. The predicted octanol–water partition coefficient (Wildman–Crippen LogP) is 5.27. The minimum atomic E-state index is -0.238. The second kappa shape index (κ2) is 7.13. The summed E-state index contributed by atoms with van der Waals surface area (Å²) in [6.07, 6.45) is 12.6. The number of carbonyl (C=O) groups is 2. The molecule has 3 saturated carbocycles. The van der Waals surface area contributed by atoms with E-state index in [2.05, 4.69) is 20.8 Å². The van der Waals surface area contributed by atoms with Gasteiger partial charge in [0.1, 0.15) is 5.78 Å². The van der Waals surface area contributed by atoms with Gasteiger partial charge >= 0.3 is 0 Å². The number of carbonyl (C=O) groups excluding carboxylic acids is 2. The molecule has 0 aromatic rings. The largest absolute Gasteiger partial charge is 0.378 e. The predicted molar refractivity (Wildman–Crippen MR) is 106 cm³/mol. The molecule has 3 heteroatoms. The molecule has 0 saturated heterocycles. The zero-order chi connectivity index (χ0) is 19.2. The first kappa shape index (κ1) is 19.4. The molecule has 27 heavy (non-hydrogen) atoms. The summed E-state index contributed by atoms with van der Waals surface area (Å²) in [5, 5.41) is 0. The number of hydrogen-bond acceptors (Lipinski definition) is 3. The summed E-state index contributed by atoms with van der Waals surface area (Å²) < 4.78 is 6.15. The van der Waals surface area contributed by atoms with Crippen LogP contribution in [0.15, 0.2) is 11.6 Å². The minimum Gasteiger partial charge on any atom is -0.378 e. The van der Waals surface area contributed by atoms with E-state index in [4.69, 9.17) is 4.74 Å². The number of ketones is 2. The summed E-state index contributed by atoms with van der Waals surface area (Å²) in [6.45, 7) is 7.60. The molecule has 6 atom stereocenters. The van der Waals surface area contributed by atoms with E-state index in [1.165, 1.54) is 18.4 Å². The number of rotatable bonds is 5. The van der Waals surface area contributed by atoms with Gasteiger partial charge in [-0.1, -0.05) is 39.2 Å². The van der Waals surface area contributed by atoms with Crippen molar-refractivity contribution in [2.75, 3.05) is 6.61 Å². The van der Waals surface area contributed by atoms with Crippen molar-refractivity contribution in [3.8, 4) is 0 Å². The second-order valence-electron chi connectivity index (χ2n) is 10.1. The zero-order valence-corrected chi connectivity index (χ0v) is 17.4. The Morgan fingerprint density at radius 2 is 1.78 bits per heavy atom. The van der Waals surface area contributed by atoms with Crippen LogP contribution in [0.2, 0.25) is 0 Å². The molecule has 150 valence electrons. The molecule has 0 heterocycles. The van der Waals surface area contributed by atoms with Crippen LogP contribution in [0.3, 0.4) is 0 Å². The lowest BCUT2D eigenvalue weighted by Gasteiger charge is -2.56. The fraction of sp³-hybridized carbons (Fsp3) is 0.833. The van der Waals surface area contributed by atoms with Crippen LogP contribution in [0.1, 0.15) is 85.0 Å². The van der Waals surface area contributed by atoms with Crippen molar-refractivity contribution in [1.29, 1.82) is 0 Å². The number of fused-ring (bicyclic) bond motifs is 5. The SMILES string of the molecule is CCCCCO[C@H]1CC[C@@]2(C)C(=CC(=O)[C@@H]3[C@@H]2CC[C@]2(C)C(=O)CC[C@@H]32)C1. The van der Waals surface area contributed by atoms with Gasteiger partial charge < -0.3 is 4.74 Å². The lowest BCUT2D eigenvalue weighted by Crippen LogP contribution is -2.53. The standard InChI is InChI=1S/C24H36O3/c1-4-5-6-13-27-17-9-11-23(2)16(14-17)15-20(25)22-18-7-8-21(26)24(18,3)12-10-19(22)23/h15,17-19,22H,4-14H2,1-3H3/t17-,18-,19-,22-,23-,24-/m0/s1. The average molecular weight is 373 g/mol. The van der Waals surface area contributed by atoms with E-state index in [9.17, 15) is 9.59 Å². The number of allylic oxidation sites excluding steroid dienone is 1. The first-order chi connectivity index (χ1) is 12.9. The molecule has 3 fully saturated rings. The molecule has 0 radical (unpaired) electrons. The number of unbranched alkanes of at least 4 members (excludes halogenated alkanes) is 2. The molecule has 0 aromatic heterocycles. The first-order valence-corrected chi connectivity index (χ1v) is 11.3. The number of ether oxygens (including phenoxy) is 1.